The highest BCUT2D eigenvalue weighted by Crippen LogP contribution is 2.02. The average Bonchev–Trinajstić information content (AvgIpc) is 1.91. The molecule has 0 aliphatic rings. The van der Waals surface area contributed by atoms with Crippen LogP contribution in [-0.4, -0.2) is 13.4 Å². The zero-order chi connectivity index (χ0) is 7.11. The van der Waals surface area contributed by atoms with Crippen LogP contribution in [0.2, 0.25) is 0 Å². The third kappa shape index (κ3) is 3.76. The quantitative estimate of drug-likeness (QED) is 0.424. The standard InChI is InChI=1S/C7H12O2/c1-3-7(9-2)5-4-6-8/h3,6H,4-5H2,1-2H3. The Morgan fingerprint density at radius 3 is 2.67 bits per heavy atom. The maximum absolute atomic E-state index is 9.86. The number of ether oxygens (including phenoxy) is 1. The molecule has 0 aromatic heterocycles. The Labute approximate surface area is 55.5 Å². The van der Waals surface area contributed by atoms with Crippen LogP contribution < -0.4 is 0 Å². The maximum Gasteiger partial charge on any atom is 0.120 e. The summed E-state index contributed by atoms with van der Waals surface area (Å²) >= 11 is 0. The van der Waals surface area contributed by atoms with Crippen LogP contribution in [0.5, 0.6) is 0 Å². The summed E-state index contributed by atoms with van der Waals surface area (Å²) in [6.45, 7) is 1.89. The molecule has 0 amide bonds. The number of carbonyl (C=O) groups is 1. The molecule has 0 spiro atoms. The van der Waals surface area contributed by atoms with Crippen LogP contribution in [0, 0.1) is 0 Å². The van der Waals surface area contributed by atoms with Gasteiger partial charge < -0.3 is 9.53 Å². The van der Waals surface area contributed by atoms with E-state index < -0.39 is 0 Å². The van der Waals surface area contributed by atoms with Crippen molar-refractivity contribution in [2.24, 2.45) is 0 Å². The molecule has 0 atom stereocenters. The van der Waals surface area contributed by atoms with Crippen LogP contribution in [0.3, 0.4) is 0 Å². The highest BCUT2D eigenvalue weighted by Gasteiger charge is 1.90. The lowest BCUT2D eigenvalue weighted by Crippen LogP contribution is -1.86. The third-order valence-electron chi connectivity index (χ3n) is 1.09. The first kappa shape index (κ1) is 8.21. The van der Waals surface area contributed by atoms with Gasteiger partial charge in [-0.25, -0.2) is 0 Å². The normalized spacial score (nSPS) is 11.1. The third-order valence-corrected chi connectivity index (χ3v) is 1.09. The van der Waals surface area contributed by atoms with E-state index in [0.717, 1.165) is 18.5 Å². The number of carbonyl (C=O) groups excluding carboxylic acids is 1. The Hall–Kier alpha value is -0.790. The molecule has 0 aromatic rings. The van der Waals surface area contributed by atoms with Gasteiger partial charge in [0.05, 0.1) is 12.9 Å². The Balaban J connectivity index is 3.44. The molecule has 0 saturated carbocycles. The Morgan fingerprint density at radius 1 is 1.67 bits per heavy atom. The van der Waals surface area contributed by atoms with Gasteiger partial charge >= 0.3 is 0 Å². The summed E-state index contributed by atoms with van der Waals surface area (Å²) in [4.78, 5) is 9.86. The van der Waals surface area contributed by atoms with Gasteiger partial charge in [0.25, 0.3) is 0 Å². The van der Waals surface area contributed by atoms with Crippen LogP contribution in [0.15, 0.2) is 11.8 Å². The van der Waals surface area contributed by atoms with Crippen molar-refractivity contribution < 1.29 is 9.53 Å². The molecular weight excluding hydrogens is 116 g/mol. The van der Waals surface area contributed by atoms with Crippen LogP contribution >= 0.6 is 0 Å². The molecule has 0 aromatic carbocycles. The molecular formula is C7H12O2. The van der Waals surface area contributed by atoms with Gasteiger partial charge in [0, 0.05) is 12.8 Å². The lowest BCUT2D eigenvalue weighted by molar-refractivity contribution is -0.107. The summed E-state index contributed by atoms with van der Waals surface area (Å²) in [7, 11) is 1.61. The average molecular weight is 128 g/mol. The number of aldehydes is 1. The van der Waals surface area contributed by atoms with E-state index in [-0.39, 0.29) is 0 Å². The van der Waals surface area contributed by atoms with E-state index in [9.17, 15) is 4.79 Å². The van der Waals surface area contributed by atoms with Crippen molar-refractivity contribution in [3.05, 3.63) is 11.8 Å². The number of hydrogen-bond acceptors (Lipinski definition) is 2. The zero-order valence-corrected chi connectivity index (χ0v) is 5.89. The molecule has 0 aliphatic carbocycles. The minimum atomic E-state index is 0.549. The van der Waals surface area contributed by atoms with E-state index >= 15 is 0 Å². The summed E-state index contributed by atoms with van der Waals surface area (Å²) in [5.41, 5.74) is 0. The molecule has 0 fully saturated rings. The van der Waals surface area contributed by atoms with Crippen molar-refractivity contribution in [3.8, 4) is 0 Å². The maximum atomic E-state index is 9.86. The molecule has 0 N–H and O–H groups in total. The topological polar surface area (TPSA) is 26.3 Å². The van der Waals surface area contributed by atoms with E-state index in [4.69, 9.17) is 4.74 Å². The predicted molar refractivity (Wildman–Crippen MR) is 36.1 cm³/mol. The summed E-state index contributed by atoms with van der Waals surface area (Å²) in [5, 5.41) is 0. The SMILES string of the molecule is CC=C(CCC=O)OC. The molecule has 2 nitrogen and oxygen atoms in total. The molecule has 0 rings (SSSR count). The van der Waals surface area contributed by atoms with Crippen LogP contribution in [-0.2, 0) is 9.53 Å². The second-order valence-electron chi connectivity index (χ2n) is 1.66. The fourth-order valence-corrected chi connectivity index (χ4v) is 0.565. The first-order chi connectivity index (χ1) is 4.35. The van der Waals surface area contributed by atoms with E-state index in [2.05, 4.69) is 0 Å². The second-order valence-corrected chi connectivity index (χ2v) is 1.66. The van der Waals surface area contributed by atoms with Crippen molar-refractivity contribution in [3.63, 3.8) is 0 Å². The number of allylic oxidation sites excluding steroid dienone is 2. The molecule has 0 saturated heterocycles. The van der Waals surface area contributed by atoms with Gasteiger partial charge in [-0.3, -0.25) is 0 Å². The fourth-order valence-electron chi connectivity index (χ4n) is 0.565. The second kappa shape index (κ2) is 5.35. The largest absolute Gasteiger partial charge is 0.501 e. The van der Waals surface area contributed by atoms with Gasteiger partial charge in [-0.1, -0.05) is 0 Å². The number of rotatable bonds is 4. The van der Waals surface area contributed by atoms with Crippen molar-refractivity contribution in [2.45, 2.75) is 19.8 Å². The minimum Gasteiger partial charge on any atom is -0.501 e. The lowest BCUT2D eigenvalue weighted by Gasteiger charge is -2.00. The Kier molecular flexibility index (Phi) is 4.88. The van der Waals surface area contributed by atoms with Crippen LogP contribution in [0.25, 0.3) is 0 Å². The predicted octanol–water partition coefficient (Wildman–Crippen LogP) is 1.52. The van der Waals surface area contributed by atoms with Crippen molar-refractivity contribution in [2.75, 3.05) is 7.11 Å². The van der Waals surface area contributed by atoms with Gasteiger partial charge in [0.2, 0.25) is 0 Å². The monoisotopic (exact) mass is 128 g/mol. The van der Waals surface area contributed by atoms with Gasteiger partial charge in [-0.05, 0) is 13.0 Å². The zero-order valence-electron chi connectivity index (χ0n) is 5.89. The smallest absolute Gasteiger partial charge is 0.120 e. The minimum absolute atomic E-state index is 0.549. The van der Waals surface area contributed by atoms with E-state index in [0.29, 0.717) is 6.42 Å². The molecule has 9 heavy (non-hydrogen) atoms. The van der Waals surface area contributed by atoms with Crippen LogP contribution in [0.1, 0.15) is 19.8 Å². The number of methoxy groups -OCH3 is 1. The Morgan fingerprint density at radius 2 is 2.33 bits per heavy atom. The highest BCUT2D eigenvalue weighted by atomic mass is 16.5. The molecule has 0 aliphatic heterocycles. The van der Waals surface area contributed by atoms with E-state index in [1.54, 1.807) is 7.11 Å². The molecule has 0 unspecified atom stereocenters. The first-order valence-electron chi connectivity index (χ1n) is 2.98. The summed E-state index contributed by atoms with van der Waals surface area (Å²) < 4.78 is 4.90. The van der Waals surface area contributed by atoms with Gasteiger partial charge in [0.15, 0.2) is 0 Å². The molecule has 2 heteroatoms. The summed E-state index contributed by atoms with van der Waals surface area (Å²) in [6.07, 6.45) is 4.02. The fraction of sp³-hybridized carbons (Fsp3) is 0.571. The summed E-state index contributed by atoms with van der Waals surface area (Å²) in [5.74, 6) is 0.877. The van der Waals surface area contributed by atoms with Crippen molar-refractivity contribution in [1.29, 1.82) is 0 Å². The first-order valence-corrected chi connectivity index (χ1v) is 2.98. The molecule has 0 radical (unpaired) electrons. The molecule has 0 bridgehead atoms. The Bertz CT molecular complexity index is 105. The van der Waals surface area contributed by atoms with Gasteiger partial charge in [-0.2, -0.15) is 0 Å². The summed E-state index contributed by atoms with van der Waals surface area (Å²) in [6, 6.07) is 0. The van der Waals surface area contributed by atoms with E-state index in [1.807, 2.05) is 13.0 Å². The van der Waals surface area contributed by atoms with Crippen molar-refractivity contribution >= 4 is 6.29 Å². The van der Waals surface area contributed by atoms with Crippen LogP contribution in [0.4, 0.5) is 0 Å². The van der Waals surface area contributed by atoms with Crippen molar-refractivity contribution in [1.82, 2.24) is 0 Å². The number of hydrogen-bond donors (Lipinski definition) is 0. The lowest BCUT2D eigenvalue weighted by atomic mass is 10.3. The molecule has 0 heterocycles. The highest BCUT2D eigenvalue weighted by molar-refractivity contribution is 5.49. The molecule has 52 valence electrons. The van der Waals surface area contributed by atoms with Gasteiger partial charge in [0.1, 0.15) is 6.29 Å². The van der Waals surface area contributed by atoms with Gasteiger partial charge in [-0.15, -0.1) is 0 Å². The van der Waals surface area contributed by atoms with E-state index in [1.165, 1.54) is 0 Å².